The van der Waals surface area contributed by atoms with Gasteiger partial charge in [0.25, 0.3) is 0 Å². The highest BCUT2D eigenvalue weighted by atomic mass is 19.1. The number of benzene rings is 3. The lowest BCUT2D eigenvalue weighted by Crippen LogP contribution is -2.32. The molecule has 30 heavy (non-hydrogen) atoms. The standard InChI is InChI=1S/C24H21F2NO3/c25-20-10-5-11-21(26)23(20)22(12-13-28)27-24(29)30-14-19-17-8-3-1-6-15(17)16-7-2-4-9-18(16)19/h1-11,19,22,28H,12-14H2,(H,27,29)/t22-/m0/s1. The zero-order chi connectivity index (χ0) is 21.1. The Balaban J connectivity index is 1.49. The van der Waals surface area contributed by atoms with Gasteiger partial charge in [0.15, 0.2) is 0 Å². The summed E-state index contributed by atoms with van der Waals surface area (Å²) in [6, 6.07) is 18.3. The van der Waals surface area contributed by atoms with Gasteiger partial charge in [0.2, 0.25) is 0 Å². The molecule has 3 aromatic rings. The molecule has 0 fully saturated rings. The molecule has 3 aromatic carbocycles. The molecule has 154 valence electrons. The quantitative estimate of drug-likeness (QED) is 0.607. The number of nitrogens with one attached hydrogen (secondary N) is 1. The normalized spacial score (nSPS) is 13.4. The number of aliphatic hydroxyl groups excluding tert-OH is 1. The van der Waals surface area contributed by atoms with E-state index >= 15 is 0 Å². The topological polar surface area (TPSA) is 58.6 Å². The molecule has 4 nitrogen and oxygen atoms in total. The second kappa shape index (κ2) is 8.63. The summed E-state index contributed by atoms with van der Waals surface area (Å²) in [4.78, 5) is 12.4. The molecule has 1 aliphatic rings. The Kier molecular flexibility index (Phi) is 5.77. The van der Waals surface area contributed by atoms with Gasteiger partial charge in [-0.15, -0.1) is 0 Å². The molecule has 1 amide bonds. The Labute approximate surface area is 173 Å². The minimum absolute atomic E-state index is 0.0396. The van der Waals surface area contributed by atoms with Crippen LogP contribution in [0.25, 0.3) is 11.1 Å². The van der Waals surface area contributed by atoms with Gasteiger partial charge in [0.1, 0.15) is 18.2 Å². The van der Waals surface area contributed by atoms with E-state index < -0.39 is 23.8 Å². The van der Waals surface area contributed by atoms with Gasteiger partial charge >= 0.3 is 6.09 Å². The monoisotopic (exact) mass is 409 g/mol. The van der Waals surface area contributed by atoms with Crippen LogP contribution in [0.1, 0.15) is 35.1 Å². The molecular weight excluding hydrogens is 388 g/mol. The minimum atomic E-state index is -1.04. The average Bonchev–Trinajstić information content (AvgIpc) is 3.06. The number of alkyl carbamates (subject to hydrolysis) is 1. The van der Waals surface area contributed by atoms with Crippen LogP contribution in [-0.2, 0) is 4.74 Å². The van der Waals surface area contributed by atoms with Gasteiger partial charge in [-0.3, -0.25) is 0 Å². The van der Waals surface area contributed by atoms with Crippen molar-refractivity contribution in [3.05, 3.63) is 95.1 Å². The fourth-order valence-corrected chi connectivity index (χ4v) is 4.04. The fraction of sp³-hybridized carbons (Fsp3) is 0.208. The lowest BCUT2D eigenvalue weighted by Gasteiger charge is -2.20. The fourth-order valence-electron chi connectivity index (χ4n) is 4.04. The number of halogens is 2. The van der Waals surface area contributed by atoms with E-state index in [1.807, 2.05) is 48.5 Å². The summed E-state index contributed by atoms with van der Waals surface area (Å²) in [5.74, 6) is -1.69. The molecule has 0 unspecified atom stereocenters. The molecule has 0 bridgehead atoms. The molecule has 4 rings (SSSR count). The van der Waals surface area contributed by atoms with Crippen molar-refractivity contribution in [1.82, 2.24) is 5.32 Å². The second-order valence-corrected chi connectivity index (χ2v) is 7.17. The number of aliphatic hydroxyl groups is 1. The maximum Gasteiger partial charge on any atom is 0.407 e. The zero-order valence-corrected chi connectivity index (χ0v) is 16.1. The number of fused-ring (bicyclic) bond motifs is 3. The Bertz CT molecular complexity index is 1000. The van der Waals surface area contributed by atoms with Crippen LogP contribution in [0, 0.1) is 11.6 Å². The number of carbonyl (C=O) groups is 1. The lowest BCUT2D eigenvalue weighted by molar-refractivity contribution is 0.136. The summed E-state index contributed by atoms with van der Waals surface area (Å²) in [6.45, 7) is -0.256. The maximum atomic E-state index is 14.1. The Morgan fingerprint density at radius 3 is 2.07 bits per heavy atom. The molecule has 1 atom stereocenters. The van der Waals surface area contributed by atoms with Gasteiger partial charge in [-0.1, -0.05) is 54.6 Å². The number of ether oxygens (including phenoxy) is 1. The third-order valence-electron chi connectivity index (χ3n) is 5.40. The van der Waals surface area contributed by atoms with Gasteiger partial charge < -0.3 is 15.2 Å². The molecule has 0 aromatic heterocycles. The Morgan fingerprint density at radius 1 is 0.933 bits per heavy atom. The third kappa shape index (κ3) is 3.78. The second-order valence-electron chi connectivity index (χ2n) is 7.17. The highest BCUT2D eigenvalue weighted by molar-refractivity contribution is 5.79. The number of rotatable bonds is 6. The molecule has 0 saturated heterocycles. The molecule has 0 heterocycles. The number of carbonyl (C=O) groups excluding carboxylic acids is 1. The predicted molar refractivity (Wildman–Crippen MR) is 109 cm³/mol. The molecular formula is C24H21F2NO3. The summed E-state index contributed by atoms with van der Waals surface area (Å²) >= 11 is 0. The van der Waals surface area contributed by atoms with Crippen LogP contribution in [0.15, 0.2) is 66.7 Å². The van der Waals surface area contributed by atoms with E-state index in [2.05, 4.69) is 5.32 Å². The van der Waals surface area contributed by atoms with Crippen molar-refractivity contribution in [3.8, 4) is 11.1 Å². The smallest absolute Gasteiger partial charge is 0.407 e. The minimum Gasteiger partial charge on any atom is -0.449 e. The third-order valence-corrected chi connectivity index (χ3v) is 5.40. The van der Waals surface area contributed by atoms with Gasteiger partial charge in [0, 0.05) is 18.1 Å². The highest BCUT2D eigenvalue weighted by Gasteiger charge is 2.29. The first-order chi connectivity index (χ1) is 14.6. The number of hydrogen-bond acceptors (Lipinski definition) is 3. The first kappa shape index (κ1) is 20.0. The predicted octanol–water partition coefficient (Wildman–Crippen LogP) is 4.93. The molecule has 0 spiro atoms. The summed E-state index contributed by atoms with van der Waals surface area (Å²) in [5.41, 5.74) is 4.06. The lowest BCUT2D eigenvalue weighted by atomic mass is 9.98. The van der Waals surface area contributed by atoms with E-state index in [4.69, 9.17) is 4.74 Å². The molecule has 0 aliphatic heterocycles. The van der Waals surface area contributed by atoms with Crippen molar-refractivity contribution in [2.24, 2.45) is 0 Å². The maximum absolute atomic E-state index is 14.1. The summed E-state index contributed by atoms with van der Waals surface area (Å²) in [5, 5.41) is 11.8. The summed E-state index contributed by atoms with van der Waals surface area (Å²) in [7, 11) is 0. The Hall–Kier alpha value is -3.25. The van der Waals surface area contributed by atoms with E-state index in [0.717, 1.165) is 34.4 Å². The molecule has 1 aliphatic carbocycles. The number of amides is 1. The first-order valence-corrected chi connectivity index (χ1v) is 9.76. The van der Waals surface area contributed by atoms with E-state index in [9.17, 15) is 18.7 Å². The first-order valence-electron chi connectivity index (χ1n) is 9.76. The van der Waals surface area contributed by atoms with Crippen molar-refractivity contribution in [2.75, 3.05) is 13.2 Å². The van der Waals surface area contributed by atoms with E-state index in [1.165, 1.54) is 6.07 Å². The van der Waals surface area contributed by atoms with Gasteiger partial charge in [-0.25, -0.2) is 13.6 Å². The van der Waals surface area contributed by atoms with Gasteiger partial charge in [0.05, 0.1) is 6.04 Å². The van der Waals surface area contributed by atoms with Crippen LogP contribution in [0.2, 0.25) is 0 Å². The molecule has 0 radical (unpaired) electrons. The zero-order valence-electron chi connectivity index (χ0n) is 16.1. The van der Waals surface area contributed by atoms with Gasteiger partial charge in [-0.05, 0) is 40.8 Å². The van der Waals surface area contributed by atoms with Crippen molar-refractivity contribution < 1.29 is 23.4 Å². The van der Waals surface area contributed by atoms with E-state index in [0.29, 0.717) is 0 Å². The van der Waals surface area contributed by atoms with Crippen molar-refractivity contribution in [2.45, 2.75) is 18.4 Å². The molecule has 0 saturated carbocycles. The van der Waals surface area contributed by atoms with E-state index in [-0.39, 0.29) is 31.1 Å². The van der Waals surface area contributed by atoms with Crippen LogP contribution in [0.4, 0.5) is 13.6 Å². The molecule has 6 heteroatoms. The average molecular weight is 409 g/mol. The largest absolute Gasteiger partial charge is 0.449 e. The number of hydrogen-bond donors (Lipinski definition) is 2. The van der Waals surface area contributed by atoms with Crippen LogP contribution >= 0.6 is 0 Å². The van der Waals surface area contributed by atoms with Gasteiger partial charge in [-0.2, -0.15) is 0 Å². The van der Waals surface area contributed by atoms with Crippen molar-refractivity contribution in [3.63, 3.8) is 0 Å². The van der Waals surface area contributed by atoms with E-state index in [1.54, 1.807) is 0 Å². The van der Waals surface area contributed by atoms with Crippen molar-refractivity contribution >= 4 is 6.09 Å². The summed E-state index contributed by atoms with van der Waals surface area (Å²) < 4.78 is 33.7. The van der Waals surface area contributed by atoms with Crippen LogP contribution in [0.3, 0.4) is 0 Å². The van der Waals surface area contributed by atoms with Crippen molar-refractivity contribution in [1.29, 1.82) is 0 Å². The van der Waals surface area contributed by atoms with Crippen LogP contribution in [0.5, 0.6) is 0 Å². The van der Waals surface area contributed by atoms with Crippen LogP contribution < -0.4 is 5.32 Å². The highest BCUT2D eigenvalue weighted by Crippen LogP contribution is 2.44. The Morgan fingerprint density at radius 2 is 1.50 bits per heavy atom. The SMILES string of the molecule is O=C(N[C@@H](CCO)c1c(F)cccc1F)OCC1c2ccccc2-c2ccccc21. The molecule has 2 N–H and O–H groups in total. The van der Waals surface area contributed by atoms with Crippen LogP contribution in [-0.4, -0.2) is 24.4 Å². The summed E-state index contributed by atoms with van der Waals surface area (Å²) in [6.07, 6.45) is -0.833.